The molecule has 2 aromatic rings. The van der Waals surface area contributed by atoms with Gasteiger partial charge < -0.3 is 0 Å². The van der Waals surface area contributed by atoms with Gasteiger partial charge in [0.2, 0.25) is 0 Å². The molecule has 0 aliphatic carbocycles. The Hall–Kier alpha value is 0.674. The maximum atomic E-state index is 4.45. The van der Waals surface area contributed by atoms with E-state index in [0.717, 1.165) is 27.9 Å². The molecule has 66 valence electrons. The van der Waals surface area contributed by atoms with Gasteiger partial charge in [-0.2, -0.15) is 0 Å². The molecular formula is C6H4BrN5Tl2. The SMILES string of the molecule is BrCc1cc([NH][Tl])nc2c1nn[n]2[Tl]. The van der Waals surface area contributed by atoms with E-state index in [0.29, 0.717) is 52.1 Å². The molecule has 0 aliphatic heterocycles. The van der Waals surface area contributed by atoms with Gasteiger partial charge in [-0.25, -0.2) is 0 Å². The van der Waals surface area contributed by atoms with E-state index < -0.39 is 0 Å². The van der Waals surface area contributed by atoms with Crippen LogP contribution in [0.5, 0.6) is 0 Å². The summed E-state index contributed by atoms with van der Waals surface area (Å²) < 4.78 is 5.05. The van der Waals surface area contributed by atoms with E-state index in [-0.39, 0.29) is 0 Å². The summed E-state index contributed by atoms with van der Waals surface area (Å²) in [6.45, 7) is 0. The number of alkyl halides is 1. The fourth-order valence-corrected chi connectivity index (χ4v) is 3.06. The van der Waals surface area contributed by atoms with Crippen LogP contribution in [0, 0.1) is 0 Å². The molecule has 2 aromatic heterocycles. The van der Waals surface area contributed by atoms with E-state index >= 15 is 0 Å². The van der Waals surface area contributed by atoms with Gasteiger partial charge in [-0.3, -0.25) is 0 Å². The van der Waals surface area contributed by atoms with Crippen LogP contribution in [-0.4, -0.2) is 69.9 Å². The van der Waals surface area contributed by atoms with Crippen molar-refractivity contribution >= 4 is 85.0 Å². The summed E-state index contributed by atoms with van der Waals surface area (Å²) in [5, 5.41) is 8.92. The van der Waals surface area contributed by atoms with Gasteiger partial charge in [0.25, 0.3) is 0 Å². The molecule has 8 heteroatoms. The minimum atomic E-state index is 0.604. The van der Waals surface area contributed by atoms with E-state index in [4.69, 9.17) is 0 Å². The Morgan fingerprint density at radius 1 is 1.57 bits per heavy atom. The molecule has 0 radical (unpaired) electrons. The third-order valence-electron chi connectivity index (χ3n) is 1.80. The van der Waals surface area contributed by atoms with Crippen molar-refractivity contribution in [2.24, 2.45) is 0 Å². The number of hydrogen-bond donors (Lipinski definition) is 1. The van der Waals surface area contributed by atoms with Gasteiger partial charge in [0.15, 0.2) is 0 Å². The monoisotopic (exact) mass is 635 g/mol. The zero-order valence-electron chi connectivity index (χ0n) is 7.11. The fraction of sp³-hybridized carbons (Fsp3) is 0.167. The number of aromatic nitrogens is 4. The van der Waals surface area contributed by atoms with Crippen LogP contribution >= 0.6 is 15.9 Å². The molecule has 0 bridgehead atoms. The first-order chi connectivity index (χ1) is 6.76. The molecule has 2 rings (SSSR count). The Balaban J connectivity index is 2.76. The Morgan fingerprint density at radius 3 is 3.00 bits per heavy atom. The number of fused-ring (bicyclic) bond motifs is 1. The molecule has 2 heterocycles. The van der Waals surface area contributed by atoms with Crippen LogP contribution in [-0.2, 0) is 5.33 Å². The fourth-order valence-electron chi connectivity index (χ4n) is 1.16. The molecule has 0 aliphatic rings. The number of halogens is 1. The molecule has 0 aromatic carbocycles. The summed E-state index contributed by atoms with van der Waals surface area (Å²) in [6.07, 6.45) is 0. The predicted molar refractivity (Wildman–Crippen MR) is 58.5 cm³/mol. The first-order valence-electron chi connectivity index (χ1n) is 3.79. The summed E-state index contributed by atoms with van der Waals surface area (Å²) in [6, 6.07) is 2.02. The van der Waals surface area contributed by atoms with Crippen molar-refractivity contribution in [3.63, 3.8) is 0 Å². The topological polar surface area (TPSA) is 55.6 Å². The van der Waals surface area contributed by atoms with Gasteiger partial charge in [-0.1, -0.05) is 0 Å². The molecule has 0 spiro atoms. The zero-order valence-corrected chi connectivity index (χ0v) is 17.7. The molecule has 0 saturated carbocycles. The third kappa shape index (κ3) is 1.96. The van der Waals surface area contributed by atoms with Crippen molar-refractivity contribution in [1.29, 1.82) is 0 Å². The number of nitrogens with zero attached hydrogens (tertiary/aromatic N) is 4. The predicted octanol–water partition coefficient (Wildman–Crippen LogP) is 0.148. The second-order valence-electron chi connectivity index (χ2n) is 2.65. The zero-order chi connectivity index (χ0) is 10.1. The Morgan fingerprint density at radius 2 is 2.36 bits per heavy atom. The average molecular weight is 635 g/mol. The van der Waals surface area contributed by atoms with E-state index in [1.54, 1.807) is 0 Å². The van der Waals surface area contributed by atoms with Gasteiger partial charge in [0.1, 0.15) is 0 Å². The summed E-state index contributed by atoms with van der Waals surface area (Å²) in [7, 11) is 0. The number of rotatable bonds is 2. The summed E-state index contributed by atoms with van der Waals surface area (Å²) >= 11 is 4.75. The molecule has 0 saturated heterocycles. The van der Waals surface area contributed by atoms with E-state index in [1.165, 1.54) is 0 Å². The Bertz CT molecular complexity index is 470. The second kappa shape index (κ2) is 4.68. The number of nitrogens with one attached hydrogen (secondary N) is 1. The van der Waals surface area contributed by atoms with E-state index in [1.807, 2.05) is 8.56 Å². The normalized spacial score (nSPS) is 10.5. The number of hydrogen-bond acceptors (Lipinski definition) is 4. The van der Waals surface area contributed by atoms with Crippen molar-refractivity contribution < 1.29 is 0 Å². The molecule has 0 atom stereocenters. The van der Waals surface area contributed by atoms with Crippen LogP contribution in [0.1, 0.15) is 5.56 Å². The number of pyridine rings is 1. The maximum absolute atomic E-state index is 4.45. The van der Waals surface area contributed by atoms with Crippen LogP contribution in [0.2, 0.25) is 0 Å². The van der Waals surface area contributed by atoms with Crippen LogP contribution in [0.15, 0.2) is 6.07 Å². The van der Waals surface area contributed by atoms with E-state index in [2.05, 4.69) is 34.4 Å². The van der Waals surface area contributed by atoms with Crippen LogP contribution in [0.4, 0.5) is 5.82 Å². The summed E-state index contributed by atoms with van der Waals surface area (Å²) in [5.41, 5.74) is 2.95. The third-order valence-corrected chi connectivity index (χ3v) is 4.91. The van der Waals surface area contributed by atoms with Crippen molar-refractivity contribution in [2.45, 2.75) is 5.33 Å². The van der Waals surface area contributed by atoms with E-state index in [9.17, 15) is 0 Å². The van der Waals surface area contributed by atoms with Crippen molar-refractivity contribution in [3.05, 3.63) is 11.6 Å². The van der Waals surface area contributed by atoms with Gasteiger partial charge in [-0.05, 0) is 0 Å². The van der Waals surface area contributed by atoms with Crippen molar-refractivity contribution in [2.75, 3.05) is 3.13 Å². The van der Waals surface area contributed by atoms with Gasteiger partial charge in [0.05, 0.1) is 0 Å². The molecule has 0 amide bonds. The molecular weight excluding hydrogens is 631 g/mol. The molecule has 14 heavy (non-hydrogen) atoms. The molecule has 1 N–H and O–H groups in total. The van der Waals surface area contributed by atoms with Crippen LogP contribution in [0.25, 0.3) is 11.2 Å². The second-order valence-corrected chi connectivity index (χ2v) is 6.24. The Labute approximate surface area is 121 Å². The molecule has 5 nitrogen and oxygen atoms in total. The van der Waals surface area contributed by atoms with Crippen LogP contribution in [0.3, 0.4) is 0 Å². The number of anilines is 1. The summed E-state index contributed by atoms with van der Waals surface area (Å²) in [5.74, 6) is 0.932. The quantitative estimate of drug-likeness (QED) is 0.378. The molecule has 0 fully saturated rings. The first kappa shape index (κ1) is 11.2. The van der Waals surface area contributed by atoms with Gasteiger partial charge in [-0.15, -0.1) is 0 Å². The van der Waals surface area contributed by atoms with Gasteiger partial charge >= 0.3 is 123 Å². The first-order valence-corrected chi connectivity index (χ1v) is 9.16. The van der Waals surface area contributed by atoms with Crippen molar-refractivity contribution in [1.82, 2.24) is 17.8 Å². The minimum absolute atomic E-state index is 0.604. The molecule has 0 unspecified atom stereocenters. The van der Waals surface area contributed by atoms with Crippen LogP contribution < -0.4 is 3.13 Å². The summed E-state index contributed by atoms with van der Waals surface area (Å²) in [4.78, 5) is 4.45. The van der Waals surface area contributed by atoms with Gasteiger partial charge in [0, 0.05) is 0 Å². The Kier molecular flexibility index (Phi) is 3.73. The van der Waals surface area contributed by atoms with Crippen molar-refractivity contribution in [3.8, 4) is 0 Å². The standard InChI is InChI=1S/C6H4BrN5.2Tl/c7-2-3-1-4(8)9-6-5(3)10-12-11-6;;/h1H,2H2,(H-2,8,9,10,11,12);;/q-2;2*+1. The average Bonchev–Trinajstić information content (AvgIpc) is 2.59.